The van der Waals surface area contributed by atoms with E-state index in [1.54, 1.807) is 6.20 Å². The van der Waals surface area contributed by atoms with Crippen molar-refractivity contribution in [1.29, 1.82) is 0 Å². The molecule has 3 heterocycles. The summed E-state index contributed by atoms with van der Waals surface area (Å²) in [5, 5.41) is 6.13. The van der Waals surface area contributed by atoms with Gasteiger partial charge in [-0.1, -0.05) is 17.8 Å². The van der Waals surface area contributed by atoms with Gasteiger partial charge in [-0.15, -0.1) is 0 Å². The molecule has 0 N–H and O–H groups in total. The van der Waals surface area contributed by atoms with Gasteiger partial charge in [-0.2, -0.15) is 5.10 Å². The number of fused-ring (bicyclic) bond motifs is 1. The van der Waals surface area contributed by atoms with Crippen LogP contribution in [-0.2, 0) is 9.53 Å². The van der Waals surface area contributed by atoms with Gasteiger partial charge in [-0.3, -0.25) is 4.79 Å². The largest absolute Gasteiger partial charge is 0.378 e. The van der Waals surface area contributed by atoms with Crippen LogP contribution in [0.15, 0.2) is 35.7 Å². The van der Waals surface area contributed by atoms with Gasteiger partial charge in [0.05, 0.1) is 36.2 Å². The van der Waals surface area contributed by atoms with Crippen LogP contribution in [0.1, 0.15) is 11.1 Å². The minimum Gasteiger partial charge on any atom is -0.378 e. The van der Waals surface area contributed by atoms with Gasteiger partial charge in [0.15, 0.2) is 5.65 Å². The number of rotatable bonds is 4. The first-order chi connectivity index (χ1) is 13.1. The standard InChI is InChI=1S/C19H21N5O2S/c1-13-3-4-15(9-14(13)2)24-18-16(10-22-24)19(21-12-20-18)27-11-17(25)23-5-7-26-8-6-23/h3-4,9-10,12H,5-8,11H2,1-2H3. The van der Waals surface area contributed by atoms with Gasteiger partial charge in [-0.05, 0) is 37.1 Å². The summed E-state index contributed by atoms with van der Waals surface area (Å²) in [6.45, 7) is 6.70. The molecule has 0 aliphatic carbocycles. The van der Waals surface area contributed by atoms with Crippen LogP contribution in [-0.4, -0.2) is 62.6 Å². The zero-order valence-corrected chi connectivity index (χ0v) is 16.2. The highest BCUT2D eigenvalue weighted by Crippen LogP contribution is 2.26. The number of thioether (sulfide) groups is 1. The zero-order chi connectivity index (χ0) is 18.8. The molecule has 1 aliphatic rings. The Morgan fingerprint density at radius 3 is 2.78 bits per heavy atom. The van der Waals surface area contributed by atoms with Crippen molar-refractivity contribution in [2.45, 2.75) is 18.9 Å². The van der Waals surface area contributed by atoms with Gasteiger partial charge < -0.3 is 9.64 Å². The average Bonchev–Trinajstić information content (AvgIpc) is 3.13. The maximum Gasteiger partial charge on any atom is 0.233 e. The molecule has 0 spiro atoms. The van der Waals surface area contributed by atoms with Crippen molar-refractivity contribution in [3.8, 4) is 5.69 Å². The Hall–Kier alpha value is -2.45. The molecular weight excluding hydrogens is 362 g/mol. The Kier molecular flexibility index (Phi) is 5.09. The van der Waals surface area contributed by atoms with Crippen LogP contribution >= 0.6 is 11.8 Å². The average molecular weight is 383 g/mol. The van der Waals surface area contributed by atoms with E-state index in [0.29, 0.717) is 32.1 Å². The predicted octanol–water partition coefficient (Wildman–Crippen LogP) is 2.38. The highest BCUT2D eigenvalue weighted by Gasteiger charge is 2.18. The highest BCUT2D eigenvalue weighted by molar-refractivity contribution is 8.00. The minimum atomic E-state index is 0.108. The topological polar surface area (TPSA) is 73.1 Å². The summed E-state index contributed by atoms with van der Waals surface area (Å²) >= 11 is 1.43. The molecule has 1 fully saturated rings. The Morgan fingerprint density at radius 1 is 1.19 bits per heavy atom. The van der Waals surface area contributed by atoms with E-state index < -0.39 is 0 Å². The van der Waals surface area contributed by atoms with Crippen LogP contribution in [0.5, 0.6) is 0 Å². The van der Waals surface area contributed by atoms with Gasteiger partial charge in [0.1, 0.15) is 11.4 Å². The molecule has 7 nitrogen and oxygen atoms in total. The molecule has 1 saturated heterocycles. The number of ether oxygens (including phenoxy) is 1. The van der Waals surface area contributed by atoms with Gasteiger partial charge in [0, 0.05) is 13.1 Å². The molecule has 3 aromatic rings. The number of amides is 1. The zero-order valence-electron chi connectivity index (χ0n) is 15.4. The molecule has 0 radical (unpaired) electrons. The summed E-state index contributed by atoms with van der Waals surface area (Å²) in [4.78, 5) is 23.0. The molecule has 2 aromatic heterocycles. The molecule has 4 rings (SSSR count). The molecule has 1 amide bonds. The first-order valence-electron chi connectivity index (χ1n) is 8.88. The molecule has 27 heavy (non-hydrogen) atoms. The molecular formula is C19H21N5O2S. The number of nitrogens with zero attached hydrogens (tertiary/aromatic N) is 5. The Morgan fingerprint density at radius 2 is 2.00 bits per heavy atom. The highest BCUT2D eigenvalue weighted by atomic mass is 32.2. The number of morpholine rings is 1. The first-order valence-corrected chi connectivity index (χ1v) is 9.87. The van der Waals surface area contributed by atoms with Crippen LogP contribution in [0.3, 0.4) is 0 Å². The lowest BCUT2D eigenvalue weighted by Gasteiger charge is -2.26. The summed E-state index contributed by atoms with van der Waals surface area (Å²) in [7, 11) is 0. The Labute approximate surface area is 161 Å². The molecule has 0 bridgehead atoms. The molecule has 1 aliphatic heterocycles. The van der Waals surface area contributed by atoms with Gasteiger partial charge in [0.25, 0.3) is 0 Å². The second-order valence-corrected chi connectivity index (χ2v) is 7.49. The summed E-state index contributed by atoms with van der Waals surface area (Å²) in [5.41, 5.74) is 4.15. The second-order valence-electron chi connectivity index (χ2n) is 6.52. The van der Waals surface area contributed by atoms with Crippen LogP contribution in [0.2, 0.25) is 0 Å². The predicted molar refractivity (Wildman–Crippen MR) is 104 cm³/mol. The van der Waals surface area contributed by atoms with Crippen molar-refractivity contribution < 1.29 is 9.53 Å². The number of benzene rings is 1. The van der Waals surface area contributed by atoms with E-state index >= 15 is 0 Å². The lowest BCUT2D eigenvalue weighted by molar-refractivity contribution is -0.132. The van der Waals surface area contributed by atoms with Crippen LogP contribution in [0.25, 0.3) is 16.7 Å². The summed E-state index contributed by atoms with van der Waals surface area (Å²) in [5.74, 6) is 0.456. The van der Waals surface area contributed by atoms with Crippen molar-refractivity contribution in [3.05, 3.63) is 41.9 Å². The molecule has 0 unspecified atom stereocenters. The van der Waals surface area contributed by atoms with Crippen molar-refractivity contribution in [2.75, 3.05) is 32.1 Å². The first kappa shape index (κ1) is 17.9. The van der Waals surface area contributed by atoms with Gasteiger partial charge in [0.2, 0.25) is 5.91 Å². The summed E-state index contributed by atoms with van der Waals surface area (Å²) in [6, 6.07) is 6.21. The van der Waals surface area contributed by atoms with E-state index in [4.69, 9.17) is 4.74 Å². The maximum atomic E-state index is 12.4. The second kappa shape index (κ2) is 7.66. The third-order valence-corrected chi connectivity index (χ3v) is 5.75. The number of carbonyl (C=O) groups excluding carboxylic acids is 1. The van der Waals surface area contributed by atoms with Crippen molar-refractivity contribution in [1.82, 2.24) is 24.6 Å². The maximum absolute atomic E-state index is 12.4. The van der Waals surface area contributed by atoms with Crippen LogP contribution < -0.4 is 0 Å². The normalized spacial score (nSPS) is 14.7. The number of hydrogen-bond acceptors (Lipinski definition) is 6. The van der Waals surface area contributed by atoms with E-state index in [1.165, 1.54) is 29.2 Å². The van der Waals surface area contributed by atoms with E-state index in [1.807, 2.05) is 15.6 Å². The smallest absolute Gasteiger partial charge is 0.233 e. The van der Waals surface area contributed by atoms with Crippen molar-refractivity contribution in [2.24, 2.45) is 0 Å². The van der Waals surface area contributed by atoms with E-state index in [9.17, 15) is 4.79 Å². The number of hydrogen-bond donors (Lipinski definition) is 0. The molecule has 140 valence electrons. The van der Waals surface area contributed by atoms with E-state index in [2.05, 4.69) is 41.0 Å². The molecule has 0 atom stereocenters. The molecule has 1 aromatic carbocycles. The summed E-state index contributed by atoms with van der Waals surface area (Å²) in [6.07, 6.45) is 3.30. The fraction of sp³-hybridized carbons (Fsp3) is 0.368. The van der Waals surface area contributed by atoms with E-state index in [-0.39, 0.29) is 5.91 Å². The minimum absolute atomic E-state index is 0.108. The quantitative estimate of drug-likeness (QED) is 0.509. The van der Waals surface area contributed by atoms with Gasteiger partial charge >= 0.3 is 0 Å². The third kappa shape index (κ3) is 3.68. The van der Waals surface area contributed by atoms with Gasteiger partial charge in [-0.25, -0.2) is 14.6 Å². The van der Waals surface area contributed by atoms with E-state index in [0.717, 1.165) is 21.7 Å². The monoisotopic (exact) mass is 383 g/mol. The fourth-order valence-electron chi connectivity index (χ4n) is 3.02. The lowest BCUT2D eigenvalue weighted by atomic mass is 10.1. The number of carbonyl (C=O) groups is 1. The van der Waals surface area contributed by atoms with Crippen molar-refractivity contribution in [3.63, 3.8) is 0 Å². The lowest BCUT2D eigenvalue weighted by Crippen LogP contribution is -2.41. The van der Waals surface area contributed by atoms with Crippen LogP contribution in [0, 0.1) is 13.8 Å². The van der Waals surface area contributed by atoms with Crippen molar-refractivity contribution >= 4 is 28.7 Å². The number of aromatic nitrogens is 4. The fourth-order valence-corrected chi connectivity index (χ4v) is 3.88. The Balaban J connectivity index is 1.57. The van der Waals surface area contributed by atoms with Crippen LogP contribution in [0.4, 0.5) is 0 Å². The third-order valence-electron chi connectivity index (χ3n) is 4.76. The Bertz CT molecular complexity index is 981. The SMILES string of the molecule is Cc1ccc(-n2ncc3c(SCC(=O)N4CCOCC4)ncnc32)cc1C. The molecule has 8 heteroatoms. The summed E-state index contributed by atoms with van der Waals surface area (Å²) < 4.78 is 7.12. The number of aryl methyl sites for hydroxylation is 2. The molecule has 0 saturated carbocycles.